The van der Waals surface area contributed by atoms with E-state index in [1.54, 1.807) is 6.07 Å². The monoisotopic (exact) mass is 355 g/mol. The highest BCUT2D eigenvalue weighted by Gasteiger charge is 2.40. The molecular weight excluding hydrogens is 334 g/mol. The van der Waals surface area contributed by atoms with Gasteiger partial charge in [0.25, 0.3) is 0 Å². The maximum absolute atomic E-state index is 12.5. The van der Waals surface area contributed by atoms with Crippen molar-refractivity contribution in [2.45, 2.75) is 32.6 Å². The summed E-state index contributed by atoms with van der Waals surface area (Å²) in [6.45, 7) is 4.43. The number of nitriles is 2. The summed E-state index contributed by atoms with van der Waals surface area (Å²) in [6, 6.07) is 11.6. The zero-order valence-electron chi connectivity index (χ0n) is 14.4. The molecule has 1 amide bonds. The second kappa shape index (κ2) is 9.15. The number of hydrogen-bond donors (Lipinski definition) is 1. The molecule has 0 spiro atoms. The number of amides is 1. The van der Waals surface area contributed by atoms with Gasteiger partial charge in [-0.2, -0.15) is 10.5 Å². The number of ether oxygens (including phenoxy) is 1. The molecule has 0 saturated carbocycles. The summed E-state index contributed by atoms with van der Waals surface area (Å²) < 4.78 is 5.66. The fraction of sp³-hybridized carbons (Fsp3) is 0.421. The Morgan fingerprint density at radius 1 is 1.28 bits per heavy atom. The number of hydrogen-bond acceptors (Lipinski definition) is 5. The van der Waals surface area contributed by atoms with Crippen LogP contribution in [-0.4, -0.2) is 18.3 Å². The van der Waals surface area contributed by atoms with Gasteiger partial charge >= 0.3 is 0 Å². The number of unbranched alkanes of at least 4 members (excludes halogenated alkanes) is 1. The lowest BCUT2D eigenvalue weighted by molar-refractivity contribution is -0.123. The Balaban J connectivity index is 2.53. The fourth-order valence-corrected chi connectivity index (χ4v) is 3.90. The maximum Gasteiger partial charge on any atom is 0.243 e. The van der Waals surface area contributed by atoms with E-state index in [4.69, 9.17) is 4.74 Å². The summed E-state index contributed by atoms with van der Waals surface area (Å²) in [5.74, 6) is -0.510. The van der Waals surface area contributed by atoms with Gasteiger partial charge in [-0.1, -0.05) is 31.5 Å². The summed E-state index contributed by atoms with van der Waals surface area (Å²) in [6.07, 6.45) is 2.03. The van der Waals surface area contributed by atoms with Gasteiger partial charge in [-0.25, -0.2) is 0 Å². The molecule has 0 saturated heterocycles. The number of thioether (sulfide) groups is 1. The lowest BCUT2D eigenvalue weighted by Crippen LogP contribution is -2.39. The first-order valence-electron chi connectivity index (χ1n) is 8.37. The van der Waals surface area contributed by atoms with E-state index in [2.05, 4.69) is 24.4 Å². The van der Waals surface area contributed by atoms with E-state index >= 15 is 0 Å². The summed E-state index contributed by atoms with van der Waals surface area (Å²) in [7, 11) is 0. The molecule has 6 heteroatoms. The lowest BCUT2D eigenvalue weighted by atomic mass is 9.79. The number of benzene rings is 1. The van der Waals surface area contributed by atoms with Crippen LogP contribution < -0.4 is 10.1 Å². The topological polar surface area (TPSA) is 85.9 Å². The van der Waals surface area contributed by atoms with Crippen LogP contribution in [0.2, 0.25) is 0 Å². The number of rotatable bonds is 7. The Labute approximate surface area is 152 Å². The molecule has 1 aromatic rings. The van der Waals surface area contributed by atoms with Crippen molar-refractivity contribution in [1.29, 1.82) is 10.5 Å². The van der Waals surface area contributed by atoms with Crippen molar-refractivity contribution in [2.24, 2.45) is 5.92 Å². The van der Waals surface area contributed by atoms with Gasteiger partial charge in [0.1, 0.15) is 11.7 Å². The van der Waals surface area contributed by atoms with Gasteiger partial charge in [0.05, 0.1) is 35.3 Å². The number of carbonyl (C=O) groups is 1. The van der Waals surface area contributed by atoms with Gasteiger partial charge in [-0.3, -0.25) is 4.79 Å². The van der Waals surface area contributed by atoms with E-state index in [0.717, 1.165) is 18.6 Å². The molecule has 1 aliphatic rings. The van der Waals surface area contributed by atoms with Gasteiger partial charge in [-0.05, 0) is 25.2 Å². The Kier molecular flexibility index (Phi) is 6.91. The van der Waals surface area contributed by atoms with Crippen LogP contribution in [0.4, 0.5) is 0 Å². The average Bonchev–Trinajstić information content (AvgIpc) is 2.62. The Morgan fingerprint density at radius 3 is 2.68 bits per heavy atom. The van der Waals surface area contributed by atoms with E-state index in [9.17, 15) is 15.3 Å². The maximum atomic E-state index is 12.5. The number of carbonyl (C=O) groups excluding carboxylic acids is 1. The molecule has 0 bridgehead atoms. The summed E-state index contributed by atoms with van der Waals surface area (Å²) in [5, 5.41) is 22.6. The van der Waals surface area contributed by atoms with E-state index < -0.39 is 11.8 Å². The summed E-state index contributed by atoms with van der Waals surface area (Å²) in [5.41, 5.74) is 1.13. The van der Waals surface area contributed by atoms with Gasteiger partial charge in [0, 0.05) is 5.56 Å². The Bertz CT molecular complexity index is 746. The highest BCUT2D eigenvalue weighted by atomic mass is 32.2. The van der Waals surface area contributed by atoms with Gasteiger partial charge in [0.2, 0.25) is 5.91 Å². The minimum absolute atomic E-state index is 0.364. The first-order valence-corrected chi connectivity index (χ1v) is 9.35. The predicted molar refractivity (Wildman–Crippen MR) is 97.6 cm³/mol. The first kappa shape index (κ1) is 18.9. The number of nitrogens with zero attached hydrogens (tertiary/aromatic N) is 2. The molecule has 2 atom stereocenters. The predicted octanol–water partition coefficient (Wildman–Crippen LogP) is 3.71. The molecule has 1 heterocycles. The number of nitrogens with one attached hydrogen (secondary N) is 1. The molecule has 5 nitrogen and oxygen atoms in total. The van der Waals surface area contributed by atoms with Crippen molar-refractivity contribution in [1.82, 2.24) is 5.32 Å². The number of allylic oxidation sites excluding steroid dienone is 1. The molecular formula is C19H21N3O2S. The van der Waals surface area contributed by atoms with Crippen LogP contribution in [0, 0.1) is 28.6 Å². The minimum Gasteiger partial charge on any atom is -0.494 e. The smallest absolute Gasteiger partial charge is 0.243 e. The van der Waals surface area contributed by atoms with Crippen molar-refractivity contribution >= 4 is 17.7 Å². The van der Waals surface area contributed by atoms with Gasteiger partial charge < -0.3 is 10.1 Å². The van der Waals surface area contributed by atoms with Crippen molar-refractivity contribution in [3.05, 3.63) is 40.4 Å². The zero-order chi connectivity index (χ0) is 18.2. The molecule has 1 aliphatic heterocycles. The van der Waals surface area contributed by atoms with E-state index in [1.807, 2.05) is 25.1 Å². The molecule has 0 radical (unpaired) electrons. The molecule has 0 aliphatic carbocycles. The molecule has 0 fully saturated rings. The molecule has 25 heavy (non-hydrogen) atoms. The van der Waals surface area contributed by atoms with Crippen molar-refractivity contribution in [3.8, 4) is 17.9 Å². The van der Waals surface area contributed by atoms with Gasteiger partial charge in [-0.15, -0.1) is 11.8 Å². The lowest BCUT2D eigenvalue weighted by Gasteiger charge is -2.29. The fourth-order valence-electron chi connectivity index (χ4n) is 2.76. The van der Waals surface area contributed by atoms with Crippen LogP contribution in [0.5, 0.6) is 5.75 Å². The van der Waals surface area contributed by atoms with Crippen LogP contribution >= 0.6 is 11.8 Å². The van der Waals surface area contributed by atoms with Crippen LogP contribution in [-0.2, 0) is 4.79 Å². The highest BCUT2D eigenvalue weighted by Crippen LogP contribution is 2.42. The molecule has 1 aromatic carbocycles. The first-order chi connectivity index (χ1) is 12.2. The molecule has 2 rings (SSSR count). The molecule has 0 aromatic heterocycles. The normalized spacial score (nSPS) is 19.8. The minimum atomic E-state index is -0.952. The third-order valence-electron chi connectivity index (χ3n) is 3.97. The van der Waals surface area contributed by atoms with Crippen molar-refractivity contribution in [3.63, 3.8) is 0 Å². The molecule has 0 unspecified atom stereocenters. The molecule has 1 N–H and O–H groups in total. The van der Waals surface area contributed by atoms with Crippen molar-refractivity contribution in [2.75, 3.05) is 12.4 Å². The van der Waals surface area contributed by atoms with Crippen molar-refractivity contribution < 1.29 is 9.53 Å². The largest absolute Gasteiger partial charge is 0.494 e. The van der Waals surface area contributed by atoms with Crippen LogP contribution in [0.25, 0.3) is 0 Å². The quantitative estimate of drug-likeness (QED) is 0.754. The second-order valence-electron chi connectivity index (χ2n) is 5.60. The third kappa shape index (κ3) is 4.15. The van der Waals surface area contributed by atoms with E-state index in [1.165, 1.54) is 11.8 Å². The average molecular weight is 355 g/mol. The third-order valence-corrected chi connectivity index (χ3v) is 5.07. The van der Waals surface area contributed by atoms with E-state index in [0.29, 0.717) is 28.5 Å². The Hall–Kier alpha value is -2.44. The van der Waals surface area contributed by atoms with Crippen LogP contribution in [0.3, 0.4) is 0 Å². The second-order valence-corrected chi connectivity index (χ2v) is 6.71. The zero-order valence-corrected chi connectivity index (χ0v) is 15.2. The standard InChI is InChI=1S/C19H21N3O2S/c1-3-5-10-25-19-15(12-21)17(14(11-20)18(23)22-19)13-8-6-7-9-16(13)24-4-2/h6-9,14,17H,3-5,10H2,1-2H3,(H,22,23)/t14-,17-/m1/s1. The molecule has 130 valence electrons. The van der Waals surface area contributed by atoms with Crippen LogP contribution in [0.15, 0.2) is 34.9 Å². The highest BCUT2D eigenvalue weighted by molar-refractivity contribution is 8.03. The number of para-hydroxylation sites is 1. The van der Waals surface area contributed by atoms with Crippen LogP contribution in [0.1, 0.15) is 38.2 Å². The summed E-state index contributed by atoms with van der Waals surface area (Å²) >= 11 is 1.46. The summed E-state index contributed by atoms with van der Waals surface area (Å²) in [4.78, 5) is 12.5. The van der Waals surface area contributed by atoms with E-state index in [-0.39, 0.29) is 5.91 Å². The Morgan fingerprint density at radius 2 is 2.04 bits per heavy atom. The SMILES string of the molecule is CCCCSC1=C(C#N)[C@H](c2ccccc2OCC)[C@@H](C#N)C(=O)N1. The van der Waals surface area contributed by atoms with Gasteiger partial charge in [0.15, 0.2) is 0 Å².